The Labute approximate surface area is 106 Å². The van der Waals surface area contributed by atoms with Gasteiger partial charge >= 0.3 is 0 Å². The van der Waals surface area contributed by atoms with Gasteiger partial charge in [-0.1, -0.05) is 12.1 Å². The molecule has 0 aliphatic carbocycles. The summed E-state index contributed by atoms with van der Waals surface area (Å²) in [5.41, 5.74) is 5.84. The van der Waals surface area contributed by atoms with Gasteiger partial charge in [0.05, 0.1) is 6.61 Å². The number of ether oxygens (including phenoxy) is 1. The number of carbonyl (C=O) groups excluding carboxylic acids is 2. The van der Waals surface area contributed by atoms with Gasteiger partial charge < -0.3 is 20.4 Å². The van der Waals surface area contributed by atoms with Gasteiger partial charge in [-0.15, -0.1) is 0 Å². The quantitative estimate of drug-likeness (QED) is 0.747. The molecule has 2 N–H and O–H groups in total. The fraction of sp³-hybridized carbons (Fsp3) is 0.385. The molecule has 0 bridgehead atoms. The van der Waals surface area contributed by atoms with E-state index in [0.29, 0.717) is 12.4 Å². The maximum absolute atomic E-state index is 10.9. The van der Waals surface area contributed by atoms with E-state index in [2.05, 4.69) is 0 Å². The molecule has 1 aromatic carbocycles. The molecule has 0 radical (unpaired) electrons. The Hall–Kier alpha value is -2.04. The van der Waals surface area contributed by atoms with Gasteiger partial charge in [0, 0.05) is 12.4 Å². The van der Waals surface area contributed by atoms with Crippen molar-refractivity contribution in [1.82, 2.24) is 0 Å². The lowest BCUT2D eigenvalue weighted by molar-refractivity contribution is -0.306. The van der Waals surface area contributed by atoms with Gasteiger partial charge in [-0.25, -0.2) is 0 Å². The number of carboxylic acid groups (broad SMARTS) is 1. The van der Waals surface area contributed by atoms with Crippen molar-refractivity contribution in [3.05, 3.63) is 29.8 Å². The van der Waals surface area contributed by atoms with Crippen molar-refractivity contribution in [3.8, 4) is 5.75 Å². The predicted octanol–water partition coefficient (Wildman–Crippen LogP) is 0.184. The number of amides is 1. The van der Waals surface area contributed by atoms with Crippen LogP contribution in [-0.2, 0) is 9.59 Å². The fourth-order valence-corrected chi connectivity index (χ4v) is 1.75. The number of aliphatic carboxylic acids is 1. The predicted molar refractivity (Wildman–Crippen MR) is 63.8 cm³/mol. The maximum atomic E-state index is 10.9. The van der Waals surface area contributed by atoms with Gasteiger partial charge in [0.25, 0.3) is 0 Å². The molecule has 1 rings (SSSR count). The van der Waals surface area contributed by atoms with E-state index in [4.69, 9.17) is 10.5 Å². The van der Waals surface area contributed by atoms with Crippen LogP contribution in [0.5, 0.6) is 5.75 Å². The first kappa shape index (κ1) is 14.0. The second-order valence-corrected chi connectivity index (χ2v) is 3.95. The summed E-state index contributed by atoms with van der Waals surface area (Å²) < 4.78 is 5.28. The molecule has 0 aliphatic heterocycles. The number of carbonyl (C=O) groups is 2. The van der Waals surface area contributed by atoms with Crippen molar-refractivity contribution >= 4 is 11.9 Å². The molecule has 18 heavy (non-hydrogen) atoms. The van der Waals surface area contributed by atoms with Gasteiger partial charge in [-0.3, -0.25) is 4.79 Å². The molecule has 98 valence electrons. The molecule has 0 heterocycles. The molecule has 5 heteroatoms. The summed E-state index contributed by atoms with van der Waals surface area (Å²) in [6.45, 7) is 2.43. The Morgan fingerprint density at radius 2 is 1.89 bits per heavy atom. The van der Waals surface area contributed by atoms with Crippen LogP contribution in [0.2, 0.25) is 0 Å². The van der Waals surface area contributed by atoms with Crippen molar-refractivity contribution in [2.75, 3.05) is 6.61 Å². The minimum atomic E-state index is -1.20. The molecule has 0 unspecified atom stereocenters. The summed E-state index contributed by atoms with van der Waals surface area (Å²) in [6, 6.07) is 6.95. The third-order valence-corrected chi connectivity index (χ3v) is 2.52. The molecule has 0 fully saturated rings. The zero-order chi connectivity index (χ0) is 13.5. The Kier molecular flexibility index (Phi) is 5.17. The van der Waals surface area contributed by atoms with Crippen LogP contribution in [-0.4, -0.2) is 18.5 Å². The fourth-order valence-electron chi connectivity index (χ4n) is 1.75. The highest BCUT2D eigenvalue weighted by Gasteiger charge is 2.15. The van der Waals surface area contributed by atoms with Crippen molar-refractivity contribution in [2.45, 2.75) is 25.7 Å². The van der Waals surface area contributed by atoms with Crippen LogP contribution in [0, 0.1) is 0 Å². The molecule has 0 saturated carbocycles. The minimum Gasteiger partial charge on any atom is -0.550 e. The highest BCUT2D eigenvalue weighted by atomic mass is 16.5. The van der Waals surface area contributed by atoms with Crippen molar-refractivity contribution in [3.63, 3.8) is 0 Å². The molecule has 1 atom stereocenters. The molecule has 0 aromatic heterocycles. The molecular weight excluding hydrogens is 234 g/mol. The van der Waals surface area contributed by atoms with E-state index in [1.807, 2.05) is 6.92 Å². The lowest BCUT2D eigenvalue weighted by atomic mass is 9.92. The van der Waals surface area contributed by atoms with Crippen LogP contribution in [0.3, 0.4) is 0 Å². The minimum absolute atomic E-state index is 0.0119. The van der Waals surface area contributed by atoms with E-state index >= 15 is 0 Å². The summed E-state index contributed by atoms with van der Waals surface area (Å²) in [4.78, 5) is 21.6. The zero-order valence-electron chi connectivity index (χ0n) is 10.2. The van der Waals surface area contributed by atoms with Crippen LogP contribution in [0.4, 0.5) is 0 Å². The molecule has 1 aromatic rings. The van der Waals surface area contributed by atoms with Crippen LogP contribution in [0.25, 0.3) is 0 Å². The zero-order valence-corrected chi connectivity index (χ0v) is 10.2. The number of benzene rings is 1. The standard InChI is InChI=1S/C13H17NO4/c1-2-18-11-5-3-9(4-6-11)10(7-12(14)15)8-13(16)17/h3-6,10H,2,7-8H2,1H3,(H2,14,15)(H,16,17)/p-1/t10-/m0/s1. The summed E-state index contributed by atoms with van der Waals surface area (Å²) in [5, 5.41) is 10.6. The van der Waals surface area contributed by atoms with Crippen LogP contribution >= 0.6 is 0 Å². The summed E-state index contributed by atoms with van der Waals surface area (Å²) in [6.07, 6.45) is -0.237. The van der Waals surface area contributed by atoms with E-state index in [9.17, 15) is 14.7 Å². The Balaban J connectivity index is 2.83. The molecule has 0 aliphatic rings. The maximum Gasteiger partial charge on any atom is 0.218 e. The third kappa shape index (κ3) is 4.45. The van der Waals surface area contributed by atoms with Crippen molar-refractivity contribution in [2.24, 2.45) is 5.73 Å². The molecular formula is C13H16NO4-. The summed E-state index contributed by atoms with van der Waals surface area (Å²) in [5.74, 6) is -1.49. The lowest BCUT2D eigenvalue weighted by Crippen LogP contribution is -2.26. The Bertz CT molecular complexity index is 398. The van der Waals surface area contributed by atoms with Gasteiger partial charge in [-0.2, -0.15) is 0 Å². The average molecular weight is 250 g/mol. The number of rotatable bonds is 7. The number of hydrogen-bond donors (Lipinski definition) is 1. The summed E-state index contributed by atoms with van der Waals surface area (Å²) in [7, 11) is 0. The van der Waals surface area contributed by atoms with Gasteiger partial charge in [0.1, 0.15) is 5.75 Å². The second-order valence-electron chi connectivity index (χ2n) is 3.95. The third-order valence-electron chi connectivity index (χ3n) is 2.52. The number of nitrogens with two attached hydrogens (primary N) is 1. The van der Waals surface area contributed by atoms with E-state index in [0.717, 1.165) is 5.56 Å². The SMILES string of the molecule is CCOc1ccc([C@@H](CC(N)=O)CC(=O)[O-])cc1. The smallest absolute Gasteiger partial charge is 0.218 e. The number of primary amides is 1. The first-order chi connectivity index (χ1) is 8.52. The van der Waals surface area contributed by atoms with Crippen molar-refractivity contribution in [1.29, 1.82) is 0 Å². The molecule has 0 saturated heterocycles. The van der Waals surface area contributed by atoms with Gasteiger partial charge in [0.2, 0.25) is 5.91 Å². The van der Waals surface area contributed by atoms with Crippen molar-refractivity contribution < 1.29 is 19.4 Å². The highest BCUT2D eigenvalue weighted by Crippen LogP contribution is 2.25. The first-order valence-electron chi connectivity index (χ1n) is 5.73. The van der Waals surface area contributed by atoms with Crippen LogP contribution in [0.1, 0.15) is 31.2 Å². The number of carboxylic acids is 1. The summed E-state index contributed by atoms with van der Waals surface area (Å²) >= 11 is 0. The van der Waals surface area contributed by atoms with Crippen LogP contribution < -0.4 is 15.6 Å². The largest absolute Gasteiger partial charge is 0.550 e. The highest BCUT2D eigenvalue weighted by molar-refractivity contribution is 5.76. The normalized spacial score (nSPS) is 11.8. The van der Waals surface area contributed by atoms with E-state index < -0.39 is 17.8 Å². The van der Waals surface area contributed by atoms with E-state index in [1.54, 1.807) is 24.3 Å². The Morgan fingerprint density at radius 1 is 1.28 bits per heavy atom. The second kappa shape index (κ2) is 6.64. The van der Waals surface area contributed by atoms with Gasteiger partial charge in [-0.05, 0) is 37.0 Å². The van der Waals surface area contributed by atoms with E-state index in [-0.39, 0.29) is 12.8 Å². The molecule has 1 amide bonds. The Morgan fingerprint density at radius 3 is 2.33 bits per heavy atom. The lowest BCUT2D eigenvalue weighted by Gasteiger charge is -2.16. The number of hydrogen-bond acceptors (Lipinski definition) is 4. The topological polar surface area (TPSA) is 92.5 Å². The molecule has 5 nitrogen and oxygen atoms in total. The monoisotopic (exact) mass is 250 g/mol. The first-order valence-corrected chi connectivity index (χ1v) is 5.73. The van der Waals surface area contributed by atoms with E-state index in [1.165, 1.54) is 0 Å². The average Bonchev–Trinajstić information content (AvgIpc) is 2.28. The van der Waals surface area contributed by atoms with Gasteiger partial charge in [0.15, 0.2) is 0 Å². The molecule has 0 spiro atoms. The van der Waals surface area contributed by atoms with Crippen LogP contribution in [0.15, 0.2) is 24.3 Å².